The lowest BCUT2D eigenvalue weighted by Crippen LogP contribution is -2.10. The zero-order valence-corrected chi connectivity index (χ0v) is 32.8. The smallest absolute Gasteiger partial charge is 0.0626 e. The van der Waals surface area contributed by atoms with Crippen LogP contribution in [-0.4, -0.2) is 4.40 Å². The first-order valence-corrected chi connectivity index (χ1v) is 20.7. The van der Waals surface area contributed by atoms with Crippen molar-refractivity contribution in [1.82, 2.24) is 4.40 Å². The fourth-order valence-electron chi connectivity index (χ4n) is 9.58. The lowest BCUT2D eigenvalue weighted by atomic mass is 9.95. The van der Waals surface area contributed by atoms with Crippen LogP contribution in [0.4, 0.5) is 17.1 Å². The zero-order chi connectivity index (χ0) is 39.6. The molecule has 0 aliphatic rings. The third kappa shape index (κ3) is 5.42. The van der Waals surface area contributed by atoms with Gasteiger partial charge in [0.1, 0.15) is 0 Å². The maximum absolute atomic E-state index is 2.48. The van der Waals surface area contributed by atoms with Gasteiger partial charge in [0, 0.05) is 38.5 Å². The fourth-order valence-corrected chi connectivity index (χ4v) is 9.58. The van der Waals surface area contributed by atoms with Gasteiger partial charge in [-0.05, 0) is 97.9 Å². The Hall–Kier alpha value is -7.94. The van der Waals surface area contributed by atoms with E-state index in [-0.39, 0.29) is 0 Å². The van der Waals surface area contributed by atoms with E-state index in [2.05, 4.69) is 240 Å². The molecular formula is C58H38N2. The Morgan fingerprint density at radius 1 is 0.283 bits per heavy atom. The van der Waals surface area contributed by atoms with Gasteiger partial charge < -0.3 is 9.30 Å². The zero-order valence-electron chi connectivity index (χ0n) is 32.8. The lowest BCUT2D eigenvalue weighted by Gasteiger charge is -2.28. The molecular weight excluding hydrogens is 725 g/mol. The van der Waals surface area contributed by atoms with Crippen LogP contribution >= 0.6 is 0 Å². The molecule has 0 saturated heterocycles. The number of pyridine rings is 1. The van der Waals surface area contributed by atoms with Gasteiger partial charge in [0.25, 0.3) is 0 Å². The standard InChI is InChI=1S/C58H38N2/c1-3-15-39(16-4-1)40-27-32-45(33-28-40)59(56-38-44-19-7-8-20-47(44)48-21-9-10-23-51(48)56)46-34-29-41(30-35-46)43-31-36-49-50-22-11-13-25-54(50)60-55-26-14-12-24-52(55)57(58(60)53(49)37-43)42-17-5-2-6-18-42/h1-38H. The number of anilines is 3. The summed E-state index contributed by atoms with van der Waals surface area (Å²) in [5.41, 5.74) is 14.3. The summed E-state index contributed by atoms with van der Waals surface area (Å²) in [6.45, 7) is 0. The summed E-state index contributed by atoms with van der Waals surface area (Å²) < 4.78 is 2.48. The SMILES string of the molecule is c1ccc(-c2ccc(N(c3ccc(-c4ccc5c6ccccc6n6c7ccccc7c(-c7ccccc7)c6c5c4)cc3)c3cc4ccccc4c4ccccc34)cc2)cc1. The molecule has 280 valence electrons. The fraction of sp³-hybridized carbons (Fsp3) is 0. The quantitative estimate of drug-likeness (QED) is 0.153. The summed E-state index contributed by atoms with van der Waals surface area (Å²) in [4.78, 5) is 2.42. The van der Waals surface area contributed by atoms with Gasteiger partial charge in [-0.1, -0.05) is 182 Å². The van der Waals surface area contributed by atoms with E-state index in [0.29, 0.717) is 0 Å². The van der Waals surface area contributed by atoms with Crippen molar-refractivity contribution in [2.24, 2.45) is 0 Å². The van der Waals surface area contributed by atoms with Crippen LogP contribution in [0.2, 0.25) is 0 Å². The molecule has 0 amide bonds. The average molecular weight is 763 g/mol. The van der Waals surface area contributed by atoms with E-state index < -0.39 is 0 Å². The number of fused-ring (bicyclic) bond motifs is 11. The largest absolute Gasteiger partial charge is 0.310 e. The van der Waals surface area contributed by atoms with Gasteiger partial charge in [0.2, 0.25) is 0 Å². The highest BCUT2D eigenvalue weighted by Gasteiger charge is 2.21. The van der Waals surface area contributed by atoms with Gasteiger partial charge in [0.15, 0.2) is 0 Å². The molecule has 2 nitrogen and oxygen atoms in total. The van der Waals surface area contributed by atoms with Crippen LogP contribution < -0.4 is 4.90 Å². The Morgan fingerprint density at radius 2 is 0.750 bits per heavy atom. The van der Waals surface area contributed by atoms with Gasteiger partial charge >= 0.3 is 0 Å². The molecule has 2 heteroatoms. The number of hydrogen-bond donors (Lipinski definition) is 0. The topological polar surface area (TPSA) is 7.65 Å². The van der Waals surface area contributed by atoms with Crippen molar-refractivity contribution in [3.05, 3.63) is 231 Å². The van der Waals surface area contributed by atoms with Gasteiger partial charge in [-0.2, -0.15) is 0 Å². The molecule has 10 aromatic carbocycles. The summed E-state index contributed by atoms with van der Waals surface area (Å²) in [5, 5.41) is 9.95. The van der Waals surface area contributed by atoms with Crippen LogP contribution in [0.3, 0.4) is 0 Å². The predicted octanol–water partition coefficient (Wildman–Crippen LogP) is 16.2. The number of aromatic nitrogens is 1. The highest BCUT2D eigenvalue weighted by Crippen LogP contribution is 2.45. The van der Waals surface area contributed by atoms with Gasteiger partial charge in [0.05, 0.1) is 22.2 Å². The average Bonchev–Trinajstić information content (AvgIpc) is 3.68. The number of para-hydroxylation sites is 2. The summed E-state index contributed by atoms with van der Waals surface area (Å²) in [7, 11) is 0. The van der Waals surface area contributed by atoms with Crippen molar-refractivity contribution in [2.45, 2.75) is 0 Å². The number of rotatable bonds is 6. The molecule has 12 aromatic rings. The van der Waals surface area contributed by atoms with E-state index in [0.717, 1.165) is 17.1 Å². The predicted molar refractivity (Wildman–Crippen MR) is 256 cm³/mol. The molecule has 0 bridgehead atoms. The molecule has 0 aliphatic heterocycles. The van der Waals surface area contributed by atoms with Gasteiger partial charge in [-0.15, -0.1) is 0 Å². The van der Waals surface area contributed by atoms with Gasteiger partial charge in [-0.25, -0.2) is 0 Å². The van der Waals surface area contributed by atoms with Crippen molar-refractivity contribution in [3.63, 3.8) is 0 Å². The second kappa shape index (κ2) is 13.9. The highest BCUT2D eigenvalue weighted by atomic mass is 15.1. The van der Waals surface area contributed by atoms with Crippen LogP contribution in [0, 0.1) is 0 Å². The van der Waals surface area contributed by atoms with Crippen molar-refractivity contribution in [1.29, 1.82) is 0 Å². The number of hydrogen-bond acceptors (Lipinski definition) is 1. The second-order valence-electron chi connectivity index (χ2n) is 15.7. The van der Waals surface area contributed by atoms with E-state index in [4.69, 9.17) is 0 Å². The molecule has 0 fully saturated rings. The highest BCUT2D eigenvalue weighted by molar-refractivity contribution is 6.22. The molecule has 0 aliphatic carbocycles. The molecule has 0 unspecified atom stereocenters. The first-order chi connectivity index (χ1) is 29.8. The number of benzene rings is 10. The minimum Gasteiger partial charge on any atom is -0.310 e. The molecule has 0 atom stereocenters. The summed E-state index contributed by atoms with van der Waals surface area (Å²) >= 11 is 0. The van der Waals surface area contributed by atoms with Crippen LogP contribution in [-0.2, 0) is 0 Å². The Kier molecular flexibility index (Phi) is 7.89. The monoisotopic (exact) mass is 762 g/mol. The van der Waals surface area contributed by atoms with E-state index in [1.54, 1.807) is 0 Å². The van der Waals surface area contributed by atoms with Crippen LogP contribution in [0.5, 0.6) is 0 Å². The molecule has 12 rings (SSSR count). The lowest BCUT2D eigenvalue weighted by molar-refractivity contribution is 1.30. The Labute approximate surface area is 348 Å². The molecule has 2 aromatic heterocycles. The second-order valence-corrected chi connectivity index (χ2v) is 15.7. The van der Waals surface area contributed by atoms with Crippen molar-refractivity contribution in [2.75, 3.05) is 4.90 Å². The molecule has 0 spiro atoms. The van der Waals surface area contributed by atoms with Crippen LogP contribution in [0.1, 0.15) is 0 Å². The molecule has 0 radical (unpaired) electrons. The van der Waals surface area contributed by atoms with Crippen molar-refractivity contribution < 1.29 is 0 Å². The third-order valence-electron chi connectivity index (χ3n) is 12.3. The summed E-state index contributed by atoms with van der Waals surface area (Å²) in [6, 6.07) is 84.2. The van der Waals surface area contributed by atoms with E-state index in [1.165, 1.54) is 93.0 Å². The summed E-state index contributed by atoms with van der Waals surface area (Å²) in [5.74, 6) is 0. The first-order valence-electron chi connectivity index (χ1n) is 20.7. The van der Waals surface area contributed by atoms with Crippen LogP contribution in [0.15, 0.2) is 231 Å². The Morgan fingerprint density at radius 3 is 1.43 bits per heavy atom. The van der Waals surface area contributed by atoms with Gasteiger partial charge in [-0.3, -0.25) is 0 Å². The normalized spacial score (nSPS) is 11.7. The molecule has 60 heavy (non-hydrogen) atoms. The number of nitrogens with zero attached hydrogens (tertiary/aromatic N) is 2. The van der Waals surface area contributed by atoms with E-state index in [1.807, 2.05) is 0 Å². The Bertz CT molecular complexity index is 3570. The molecule has 2 heterocycles. The van der Waals surface area contributed by atoms with E-state index >= 15 is 0 Å². The maximum atomic E-state index is 2.48. The first kappa shape index (κ1) is 34.1. The van der Waals surface area contributed by atoms with Crippen molar-refractivity contribution in [3.8, 4) is 33.4 Å². The van der Waals surface area contributed by atoms with Crippen molar-refractivity contribution >= 4 is 76.7 Å². The van der Waals surface area contributed by atoms with E-state index in [9.17, 15) is 0 Å². The molecule has 0 saturated carbocycles. The molecule has 0 N–H and O–H groups in total. The maximum Gasteiger partial charge on any atom is 0.0626 e. The minimum absolute atomic E-state index is 1.10. The summed E-state index contributed by atoms with van der Waals surface area (Å²) in [6.07, 6.45) is 0. The Balaban J connectivity index is 1.05. The minimum atomic E-state index is 1.10. The van der Waals surface area contributed by atoms with Crippen LogP contribution in [0.25, 0.3) is 93.0 Å². The third-order valence-corrected chi connectivity index (χ3v) is 12.3.